The molecule has 6 nitrogen and oxygen atoms in total. The fourth-order valence-corrected chi connectivity index (χ4v) is 1.75. The van der Waals surface area contributed by atoms with E-state index in [-0.39, 0.29) is 11.3 Å². The Bertz CT molecular complexity index is 539. The lowest BCUT2D eigenvalue weighted by Gasteiger charge is -2.19. The van der Waals surface area contributed by atoms with Gasteiger partial charge in [0.25, 0.3) is 11.6 Å². The van der Waals surface area contributed by atoms with Crippen molar-refractivity contribution in [3.8, 4) is 6.07 Å². The van der Waals surface area contributed by atoms with E-state index in [9.17, 15) is 14.9 Å². The largest absolute Gasteiger partial charge is 0.326 e. The van der Waals surface area contributed by atoms with Crippen LogP contribution in [-0.2, 0) is 0 Å². The van der Waals surface area contributed by atoms with Gasteiger partial charge in [-0.15, -0.1) is 0 Å². The van der Waals surface area contributed by atoms with E-state index in [4.69, 9.17) is 5.26 Å². The van der Waals surface area contributed by atoms with Gasteiger partial charge in [-0.3, -0.25) is 14.9 Å². The van der Waals surface area contributed by atoms with E-state index in [1.54, 1.807) is 6.92 Å². The van der Waals surface area contributed by atoms with Crippen LogP contribution in [0.4, 0.5) is 5.69 Å². The van der Waals surface area contributed by atoms with E-state index >= 15 is 0 Å². The van der Waals surface area contributed by atoms with Crippen LogP contribution in [0.15, 0.2) is 22.7 Å². The number of halogens is 1. The lowest BCUT2D eigenvalue weighted by molar-refractivity contribution is -0.385. The summed E-state index contributed by atoms with van der Waals surface area (Å²) in [5.74, 6) is -0.437. The number of hydrogen-bond acceptors (Lipinski definition) is 4. The van der Waals surface area contributed by atoms with E-state index < -0.39 is 16.9 Å². The Kier molecular flexibility index (Phi) is 4.39. The first kappa shape index (κ1) is 14.1. The second-order valence-electron chi connectivity index (χ2n) is 3.68. The Labute approximate surface area is 112 Å². The number of benzene rings is 1. The molecule has 1 rings (SSSR count). The highest BCUT2D eigenvalue weighted by molar-refractivity contribution is 9.10. The highest BCUT2D eigenvalue weighted by Gasteiger charge is 2.20. The van der Waals surface area contributed by atoms with Crippen molar-refractivity contribution in [2.24, 2.45) is 0 Å². The second kappa shape index (κ2) is 5.60. The summed E-state index contributed by atoms with van der Waals surface area (Å²) in [4.78, 5) is 23.4. The molecule has 1 unspecified atom stereocenters. The van der Waals surface area contributed by atoms with Crippen LogP contribution < -0.4 is 0 Å². The predicted molar refractivity (Wildman–Crippen MR) is 68.0 cm³/mol. The zero-order chi connectivity index (χ0) is 13.9. The Morgan fingerprint density at radius 2 is 2.17 bits per heavy atom. The number of nitrogens with zero attached hydrogens (tertiary/aromatic N) is 3. The third-order valence-corrected chi connectivity index (χ3v) is 2.89. The molecule has 0 fully saturated rings. The minimum absolute atomic E-state index is 0.167. The summed E-state index contributed by atoms with van der Waals surface area (Å²) >= 11 is 3.11. The van der Waals surface area contributed by atoms with Crippen LogP contribution in [0.1, 0.15) is 17.3 Å². The zero-order valence-electron chi connectivity index (χ0n) is 9.75. The number of rotatable bonds is 3. The van der Waals surface area contributed by atoms with Crippen molar-refractivity contribution in [1.82, 2.24) is 4.90 Å². The number of non-ortho nitro benzene ring substituents is 1. The molecule has 0 bridgehead atoms. The van der Waals surface area contributed by atoms with Crippen LogP contribution in [0.3, 0.4) is 0 Å². The van der Waals surface area contributed by atoms with Gasteiger partial charge in [0.1, 0.15) is 6.04 Å². The van der Waals surface area contributed by atoms with Crippen LogP contribution in [-0.4, -0.2) is 28.8 Å². The summed E-state index contributed by atoms with van der Waals surface area (Å²) < 4.78 is 0.443. The molecule has 1 aromatic rings. The molecule has 1 atom stereocenters. The molecule has 0 aliphatic carbocycles. The Morgan fingerprint density at radius 3 is 2.67 bits per heavy atom. The summed E-state index contributed by atoms with van der Waals surface area (Å²) in [6.45, 7) is 1.57. The highest BCUT2D eigenvalue weighted by Crippen LogP contribution is 2.22. The van der Waals surface area contributed by atoms with Crippen molar-refractivity contribution in [1.29, 1.82) is 5.26 Å². The maximum atomic E-state index is 12.0. The van der Waals surface area contributed by atoms with Crippen molar-refractivity contribution in [2.75, 3.05) is 7.05 Å². The topological polar surface area (TPSA) is 87.2 Å². The maximum Gasteiger partial charge on any atom is 0.271 e. The van der Waals surface area contributed by atoms with Gasteiger partial charge in [-0.2, -0.15) is 5.26 Å². The highest BCUT2D eigenvalue weighted by atomic mass is 79.9. The molecule has 0 radical (unpaired) electrons. The number of carbonyl (C=O) groups excluding carboxylic acids is 1. The van der Waals surface area contributed by atoms with E-state index in [0.29, 0.717) is 4.47 Å². The van der Waals surface area contributed by atoms with E-state index in [0.717, 1.165) is 0 Å². The van der Waals surface area contributed by atoms with Crippen molar-refractivity contribution >= 4 is 27.5 Å². The molecule has 0 saturated heterocycles. The molecule has 0 aliphatic heterocycles. The number of carbonyl (C=O) groups is 1. The van der Waals surface area contributed by atoms with Gasteiger partial charge in [-0.05, 0) is 13.0 Å². The molecule has 0 spiro atoms. The van der Waals surface area contributed by atoms with Crippen LogP contribution >= 0.6 is 15.9 Å². The molecule has 0 aliphatic rings. The molecule has 18 heavy (non-hydrogen) atoms. The summed E-state index contributed by atoms with van der Waals surface area (Å²) in [6, 6.07) is 5.31. The SMILES string of the molecule is CC(C#N)N(C)C(=O)c1cc(Br)cc([N+](=O)[O-])c1. The van der Waals surface area contributed by atoms with Crippen molar-refractivity contribution in [2.45, 2.75) is 13.0 Å². The Morgan fingerprint density at radius 1 is 1.56 bits per heavy atom. The van der Waals surface area contributed by atoms with Crippen LogP contribution in [0.2, 0.25) is 0 Å². The maximum absolute atomic E-state index is 12.0. The van der Waals surface area contributed by atoms with Gasteiger partial charge in [0, 0.05) is 29.2 Å². The molecule has 0 heterocycles. The average molecular weight is 312 g/mol. The quantitative estimate of drug-likeness (QED) is 0.633. The normalized spacial score (nSPS) is 11.4. The van der Waals surface area contributed by atoms with Gasteiger partial charge in [-0.25, -0.2) is 0 Å². The predicted octanol–water partition coefficient (Wildman–Crippen LogP) is 2.34. The number of amides is 1. The minimum atomic E-state index is -0.601. The number of nitro groups is 1. The van der Waals surface area contributed by atoms with Gasteiger partial charge < -0.3 is 4.90 Å². The van der Waals surface area contributed by atoms with Crippen molar-refractivity contribution in [3.63, 3.8) is 0 Å². The van der Waals surface area contributed by atoms with Gasteiger partial charge in [0.2, 0.25) is 0 Å². The molecule has 0 aromatic heterocycles. The van der Waals surface area contributed by atoms with Crippen molar-refractivity contribution in [3.05, 3.63) is 38.3 Å². The number of hydrogen-bond donors (Lipinski definition) is 0. The first-order valence-electron chi connectivity index (χ1n) is 4.98. The standard InChI is InChI=1S/C11H10BrN3O3/c1-7(6-13)14(2)11(16)8-3-9(12)5-10(4-8)15(17)18/h3-5,7H,1-2H3. The monoisotopic (exact) mass is 311 g/mol. The summed E-state index contributed by atoms with van der Waals surface area (Å²) in [5.41, 5.74) is -0.00795. The fourth-order valence-electron chi connectivity index (χ4n) is 1.27. The first-order chi connectivity index (χ1) is 8.36. The molecule has 7 heteroatoms. The second-order valence-corrected chi connectivity index (χ2v) is 4.59. The first-order valence-corrected chi connectivity index (χ1v) is 5.78. The van der Waals surface area contributed by atoms with Gasteiger partial charge >= 0.3 is 0 Å². The van der Waals surface area contributed by atoms with Crippen molar-refractivity contribution < 1.29 is 9.72 Å². The van der Waals surface area contributed by atoms with Crippen LogP contribution in [0, 0.1) is 21.4 Å². The molecule has 1 amide bonds. The molecular formula is C11H10BrN3O3. The van der Waals surface area contributed by atoms with E-state index in [1.165, 1.54) is 30.1 Å². The minimum Gasteiger partial charge on any atom is -0.326 e. The average Bonchev–Trinajstić information content (AvgIpc) is 2.35. The Balaban J connectivity index is 3.14. The molecule has 1 aromatic carbocycles. The lowest BCUT2D eigenvalue weighted by Crippen LogP contribution is -2.34. The van der Waals surface area contributed by atoms with Crippen LogP contribution in [0.25, 0.3) is 0 Å². The number of nitriles is 1. The molecule has 94 valence electrons. The summed E-state index contributed by atoms with van der Waals surface area (Å²) in [5, 5.41) is 19.4. The third-order valence-electron chi connectivity index (χ3n) is 2.43. The van der Waals surface area contributed by atoms with Gasteiger partial charge in [0.15, 0.2) is 0 Å². The third kappa shape index (κ3) is 3.05. The van der Waals surface area contributed by atoms with Crippen LogP contribution in [0.5, 0.6) is 0 Å². The van der Waals surface area contributed by atoms with Gasteiger partial charge in [0.05, 0.1) is 11.0 Å². The summed E-state index contributed by atoms with van der Waals surface area (Å²) in [6.07, 6.45) is 0. The van der Waals surface area contributed by atoms with E-state index in [1.807, 2.05) is 6.07 Å². The lowest BCUT2D eigenvalue weighted by atomic mass is 10.1. The zero-order valence-corrected chi connectivity index (χ0v) is 11.3. The molecule has 0 N–H and O–H groups in total. The number of nitro benzene ring substituents is 1. The smallest absolute Gasteiger partial charge is 0.271 e. The molecule has 0 saturated carbocycles. The summed E-state index contributed by atoms with van der Waals surface area (Å²) in [7, 11) is 1.48. The molecular weight excluding hydrogens is 302 g/mol. The Hall–Kier alpha value is -1.94. The van der Waals surface area contributed by atoms with E-state index in [2.05, 4.69) is 15.9 Å². The fraction of sp³-hybridized carbons (Fsp3) is 0.273. The van der Waals surface area contributed by atoms with Gasteiger partial charge in [-0.1, -0.05) is 15.9 Å².